The van der Waals surface area contributed by atoms with Crippen LogP contribution < -0.4 is 11.4 Å². The highest BCUT2D eigenvalue weighted by atomic mass is 16.6. The predicted octanol–water partition coefficient (Wildman–Crippen LogP) is 0.0374. The Balaban J connectivity index is 2.65. The number of nitro benzene ring substituents is 1. The minimum atomic E-state index is -0.832. The van der Waals surface area contributed by atoms with E-state index in [1.165, 1.54) is 25.2 Å². The molecule has 8 nitrogen and oxygen atoms in total. The van der Waals surface area contributed by atoms with Gasteiger partial charge in [-0.25, -0.2) is 14.2 Å². The number of non-ortho nitro benzene ring substituents is 1. The summed E-state index contributed by atoms with van der Waals surface area (Å²) in [5.41, 5.74) is -0.765. The molecule has 0 aliphatic rings. The molecule has 0 saturated heterocycles. The van der Waals surface area contributed by atoms with Crippen LogP contribution in [-0.4, -0.2) is 14.2 Å². The van der Waals surface area contributed by atoms with Crippen molar-refractivity contribution in [2.45, 2.75) is 0 Å². The Labute approximate surface area is 93.4 Å². The molecule has 0 saturated carbocycles. The monoisotopic (exact) mass is 237 g/mol. The van der Waals surface area contributed by atoms with Crippen LogP contribution in [0.5, 0.6) is 0 Å². The van der Waals surface area contributed by atoms with E-state index in [2.05, 4.69) is 4.52 Å². The molecular weight excluding hydrogens is 230 g/mol. The lowest BCUT2D eigenvalue weighted by atomic mass is 10.3. The van der Waals surface area contributed by atoms with E-state index in [0.717, 1.165) is 10.6 Å². The second kappa shape index (κ2) is 3.74. The first-order chi connectivity index (χ1) is 8.00. The van der Waals surface area contributed by atoms with Gasteiger partial charge >= 0.3 is 11.4 Å². The molecule has 2 aromatic rings. The van der Waals surface area contributed by atoms with E-state index in [1.54, 1.807) is 0 Å². The maximum atomic E-state index is 11.5. The van der Waals surface area contributed by atoms with Crippen LogP contribution >= 0.6 is 0 Å². The van der Waals surface area contributed by atoms with E-state index in [1.807, 2.05) is 0 Å². The number of nitro groups is 1. The van der Waals surface area contributed by atoms with Gasteiger partial charge in [-0.05, 0) is 6.07 Å². The van der Waals surface area contributed by atoms with Crippen molar-refractivity contribution in [3.8, 4) is 5.69 Å². The fourth-order valence-corrected chi connectivity index (χ4v) is 1.29. The first-order valence-electron chi connectivity index (χ1n) is 4.55. The Morgan fingerprint density at radius 1 is 1.35 bits per heavy atom. The van der Waals surface area contributed by atoms with Crippen LogP contribution in [-0.2, 0) is 7.05 Å². The van der Waals surface area contributed by atoms with Gasteiger partial charge in [0.05, 0.1) is 10.6 Å². The zero-order chi connectivity index (χ0) is 12.6. The third kappa shape index (κ3) is 1.75. The summed E-state index contributed by atoms with van der Waals surface area (Å²) in [5, 5.41) is 10.6. The van der Waals surface area contributed by atoms with Crippen molar-refractivity contribution in [2.24, 2.45) is 7.05 Å². The lowest BCUT2D eigenvalue weighted by Gasteiger charge is -1.97. The highest BCUT2D eigenvalue weighted by molar-refractivity contribution is 5.41. The molecular formula is C9H7N3O5. The average molecular weight is 237 g/mol. The first kappa shape index (κ1) is 10.9. The summed E-state index contributed by atoms with van der Waals surface area (Å²) >= 11 is 0. The SMILES string of the molecule is Cn1c(=O)on(-c2cccc([N+](=O)[O-])c2)c1=O. The van der Waals surface area contributed by atoms with Crippen molar-refractivity contribution in [1.29, 1.82) is 0 Å². The Morgan fingerprint density at radius 3 is 2.59 bits per heavy atom. The maximum Gasteiger partial charge on any atom is 0.442 e. The summed E-state index contributed by atoms with van der Waals surface area (Å²) in [4.78, 5) is 32.6. The molecule has 88 valence electrons. The van der Waals surface area contributed by atoms with E-state index in [9.17, 15) is 19.7 Å². The molecule has 0 spiro atoms. The van der Waals surface area contributed by atoms with Crippen LogP contribution in [0.3, 0.4) is 0 Å². The number of nitrogens with zero attached hydrogens (tertiary/aromatic N) is 3. The van der Waals surface area contributed by atoms with Gasteiger partial charge in [-0.2, -0.15) is 0 Å². The molecule has 0 aliphatic carbocycles. The number of aromatic nitrogens is 2. The third-order valence-corrected chi connectivity index (χ3v) is 2.18. The van der Waals surface area contributed by atoms with Crippen molar-refractivity contribution < 1.29 is 9.45 Å². The highest BCUT2D eigenvalue weighted by Crippen LogP contribution is 2.14. The van der Waals surface area contributed by atoms with Gasteiger partial charge in [-0.15, -0.1) is 4.74 Å². The second-order valence-electron chi connectivity index (χ2n) is 3.27. The molecule has 0 amide bonds. The standard InChI is InChI=1S/C9H7N3O5/c1-10-8(13)11(17-9(10)14)6-3-2-4-7(5-6)12(15)16/h2-5H,1H3. The van der Waals surface area contributed by atoms with Gasteiger partial charge in [0.25, 0.3) is 5.69 Å². The minimum absolute atomic E-state index is 0.127. The fraction of sp³-hybridized carbons (Fsp3) is 0.111. The number of hydrogen-bond donors (Lipinski definition) is 0. The normalized spacial score (nSPS) is 10.4. The van der Waals surface area contributed by atoms with Gasteiger partial charge < -0.3 is 4.52 Å². The lowest BCUT2D eigenvalue weighted by Crippen LogP contribution is -2.25. The van der Waals surface area contributed by atoms with E-state index < -0.39 is 16.4 Å². The summed E-state index contributed by atoms with van der Waals surface area (Å²) in [7, 11) is 1.25. The molecule has 1 aromatic carbocycles. The van der Waals surface area contributed by atoms with E-state index in [0.29, 0.717) is 4.74 Å². The van der Waals surface area contributed by atoms with Crippen molar-refractivity contribution in [3.63, 3.8) is 0 Å². The van der Waals surface area contributed by atoms with Crippen LogP contribution in [0.2, 0.25) is 0 Å². The molecule has 0 N–H and O–H groups in total. The number of rotatable bonds is 2. The molecule has 0 fully saturated rings. The van der Waals surface area contributed by atoms with Crippen LogP contribution in [0.4, 0.5) is 5.69 Å². The summed E-state index contributed by atoms with van der Waals surface area (Å²) in [6.07, 6.45) is 0. The predicted molar refractivity (Wildman–Crippen MR) is 56.2 cm³/mol. The van der Waals surface area contributed by atoms with Crippen molar-refractivity contribution in [3.05, 3.63) is 55.4 Å². The molecule has 8 heteroatoms. The Morgan fingerprint density at radius 2 is 2.06 bits per heavy atom. The van der Waals surface area contributed by atoms with Crippen LogP contribution in [0.25, 0.3) is 5.69 Å². The van der Waals surface area contributed by atoms with Gasteiger partial charge in [-0.1, -0.05) is 6.07 Å². The van der Waals surface area contributed by atoms with E-state index >= 15 is 0 Å². The van der Waals surface area contributed by atoms with Crippen molar-refractivity contribution in [2.75, 3.05) is 0 Å². The zero-order valence-electron chi connectivity index (χ0n) is 8.69. The Bertz CT molecular complexity index is 693. The summed E-state index contributed by atoms with van der Waals surface area (Å²) in [5.74, 6) is -0.832. The molecule has 0 bridgehead atoms. The zero-order valence-corrected chi connectivity index (χ0v) is 8.69. The van der Waals surface area contributed by atoms with Crippen molar-refractivity contribution in [1.82, 2.24) is 9.31 Å². The summed E-state index contributed by atoms with van der Waals surface area (Å²) in [6.45, 7) is 0. The maximum absolute atomic E-state index is 11.5. The molecule has 0 unspecified atom stereocenters. The van der Waals surface area contributed by atoms with Gasteiger partial charge in [-0.3, -0.25) is 10.1 Å². The molecule has 0 atom stereocenters. The van der Waals surface area contributed by atoms with E-state index in [-0.39, 0.29) is 11.4 Å². The van der Waals surface area contributed by atoms with E-state index in [4.69, 9.17) is 0 Å². The third-order valence-electron chi connectivity index (χ3n) is 2.18. The lowest BCUT2D eigenvalue weighted by molar-refractivity contribution is -0.384. The quantitative estimate of drug-likeness (QED) is 0.542. The van der Waals surface area contributed by atoms with Crippen LogP contribution in [0.15, 0.2) is 38.4 Å². The fourth-order valence-electron chi connectivity index (χ4n) is 1.29. The van der Waals surface area contributed by atoms with Gasteiger partial charge in [0.2, 0.25) is 0 Å². The largest absolute Gasteiger partial charge is 0.442 e. The molecule has 1 heterocycles. The van der Waals surface area contributed by atoms with Gasteiger partial charge in [0.15, 0.2) is 0 Å². The number of benzene rings is 1. The van der Waals surface area contributed by atoms with Gasteiger partial charge in [0.1, 0.15) is 0 Å². The molecule has 2 rings (SSSR count). The Kier molecular flexibility index (Phi) is 2.39. The Hall–Kier alpha value is -2.64. The summed E-state index contributed by atoms with van der Waals surface area (Å²) in [6, 6.07) is 5.24. The smallest absolute Gasteiger partial charge is 0.312 e. The average Bonchev–Trinajstić information content (AvgIpc) is 2.57. The molecule has 17 heavy (non-hydrogen) atoms. The number of hydrogen-bond acceptors (Lipinski definition) is 5. The van der Waals surface area contributed by atoms with Crippen LogP contribution in [0, 0.1) is 10.1 Å². The minimum Gasteiger partial charge on any atom is -0.312 e. The first-order valence-corrected chi connectivity index (χ1v) is 4.55. The second-order valence-corrected chi connectivity index (χ2v) is 3.27. The van der Waals surface area contributed by atoms with Crippen molar-refractivity contribution >= 4 is 5.69 Å². The summed E-state index contributed by atoms with van der Waals surface area (Å²) < 4.78 is 6.12. The van der Waals surface area contributed by atoms with Crippen LogP contribution in [0.1, 0.15) is 0 Å². The molecule has 0 aliphatic heterocycles. The molecule has 1 aromatic heterocycles. The molecule has 0 radical (unpaired) electrons. The topological polar surface area (TPSA) is 100 Å². The van der Waals surface area contributed by atoms with Gasteiger partial charge in [0, 0.05) is 19.2 Å². The highest BCUT2D eigenvalue weighted by Gasteiger charge is 2.13.